The summed E-state index contributed by atoms with van der Waals surface area (Å²) < 4.78 is 16.8. The van der Waals surface area contributed by atoms with Crippen LogP contribution in [0, 0.1) is 0 Å². The van der Waals surface area contributed by atoms with Gasteiger partial charge in [-0.05, 0) is 56.4 Å². The zero-order valence-corrected chi connectivity index (χ0v) is 16.9. The van der Waals surface area contributed by atoms with E-state index in [0.29, 0.717) is 19.3 Å². The zero-order valence-electron chi connectivity index (χ0n) is 16.1. The van der Waals surface area contributed by atoms with Crippen molar-refractivity contribution in [1.29, 1.82) is 0 Å². The molecule has 0 amide bonds. The lowest BCUT2D eigenvalue weighted by Crippen LogP contribution is -2.31. The molecule has 0 heterocycles. The Balaban J connectivity index is 1.78. The van der Waals surface area contributed by atoms with Crippen molar-refractivity contribution in [2.24, 2.45) is 0 Å². The molecule has 0 spiro atoms. The summed E-state index contributed by atoms with van der Waals surface area (Å²) in [5, 5.41) is 3.52. The molecule has 2 aromatic rings. The molecule has 142 valence electrons. The molecule has 0 saturated carbocycles. The number of rotatable bonds is 11. The quantitative estimate of drug-likeness (QED) is 0.465. The van der Waals surface area contributed by atoms with Gasteiger partial charge in [-0.25, -0.2) is 0 Å². The van der Waals surface area contributed by atoms with Gasteiger partial charge < -0.3 is 19.5 Å². The molecule has 26 heavy (non-hydrogen) atoms. The molecule has 1 N–H and O–H groups in total. The molecule has 1 atom stereocenters. The van der Waals surface area contributed by atoms with Gasteiger partial charge in [0.2, 0.25) is 0 Å². The summed E-state index contributed by atoms with van der Waals surface area (Å²) in [4.78, 5) is 1.17. The second kappa shape index (κ2) is 11.0. The average molecular weight is 376 g/mol. The second-order valence-electron chi connectivity index (χ2n) is 5.98. The SMILES string of the molecule is CCOc1ccccc1OCCN[C@H](C)Cc1ccc(OC)c(SC)c1. The van der Waals surface area contributed by atoms with E-state index in [-0.39, 0.29) is 0 Å². The van der Waals surface area contributed by atoms with Gasteiger partial charge in [0.25, 0.3) is 0 Å². The number of methoxy groups -OCH3 is 1. The standard InChI is InChI=1S/C21H29NO3S/c1-5-24-18-8-6-7-9-19(18)25-13-12-22-16(2)14-17-10-11-20(23-3)21(15-17)26-4/h6-11,15-16,22H,5,12-14H2,1-4H3/t16-/m1/s1. The number of benzene rings is 2. The first kappa shape index (κ1) is 20.5. The molecule has 2 rings (SSSR count). The Morgan fingerprint density at radius 2 is 1.77 bits per heavy atom. The number of hydrogen-bond donors (Lipinski definition) is 1. The van der Waals surface area contributed by atoms with Gasteiger partial charge in [-0.1, -0.05) is 18.2 Å². The summed E-state index contributed by atoms with van der Waals surface area (Å²) in [6.07, 6.45) is 3.04. The van der Waals surface area contributed by atoms with Crippen molar-refractivity contribution in [1.82, 2.24) is 5.32 Å². The molecule has 2 aromatic carbocycles. The van der Waals surface area contributed by atoms with Gasteiger partial charge in [0.15, 0.2) is 11.5 Å². The maximum Gasteiger partial charge on any atom is 0.161 e. The first-order valence-electron chi connectivity index (χ1n) is 8.96. The Bertz CT molecular complexity index is 678. The normalized spacial score (nSPS) is 11.8. The van der Waals surface area contributed by atoms with Crippen LogP contribution in [0.1, 0.15) is 19.4 Å². The Morgan fingerprint density at radius 3 is 2.42 bits per heavy atom. The van der Waals surface area contributed by atoms with Crippen LogP contribution in [0.3, 0.4) is 0 Å². The summed E-state index contributed by atoms with van der Waals surface area (Å²) >= 11 is 1.71. The molecule has 0 bridgehead atoms. The molecule has 0 aliphatic carbocycles. The number of ether oxygens (including phenoxy) is 3. The molecule has 0 aromatic heterocycles. The highest BCUT2D eigenvalue weighted by atomic mass is 32.2. The maximum atomic E-state index is 5.85. The molecular weight excluding hydrogens is 346 g/mol. The van der Waals surface area contributed by atoms with Crippen molar-refractivity contribution < 1.29 is 14.2 Å². The van der Waals surface area contributed by atoms with Crippen molar-refractivity contribution in [3.63, 3.8) is 0 Å². The molecule has 0 saturated heterocycles. The molecule has 0 aliphatic heterocycles. The predicted molar refractivity (Wildman–Crippen MR) is 109 cm³/mol. The Kier molecular flexibility index (Phi) is 8.65. The van der Waals surface area contributed by atoms with Crippen molar-refractivity contribution >= 4 is 11.8 Å². The van der Waals surface area contributed by atoms with Crippen LogP contribution in [-0.4, -0.2) is 39.2 Å². The number of thioether (sulfide) groups is 1. The van der Waals surface area contributed by atoms with Crippen LogP contribution in [0.25, 0.3) is 0 Å². The molecular formula is C21H29NO3S. The van der Waals surface area contributed by atoms with Gasteiger partial charge in [-0.2, -0.15) is 0 Å². The second-order valence-corrected chi connectivity index (χ2v) is 6.82. The van der Waals surface area contributed by atoms with E-state index in [9.17, 15) is 0 Å². The van der Waals surface area contributed by atoms with Gasteiger partial charge in [0.05, 0.1) is 13.7 Å². The largest absolute Gasteiger partial charge is 0.496 e. The van der Waals surface area contributed by atoms with E-state index in [0.717, 1.165) is 30.2 Å². The molecule has 0 aliphatic rings. The van der Waals surface area contributed by atoms with E-state index in [2.05, 4.69) is 30.6 Å². The summed E-state index contributed by atoms with van der Waals surface area (Å²) in [5.74, 6) is 2.53. The highest BCUT2D eigenvalue weighted by Crippen LogP contribution is 2.29. The average Bonchev–Trinajstić information content (AvgIpc) is 2.66. The van der Waals surface area contributed by atoms with Crippen LogP contribution in [0.5, 0.6) is 17.2 Å². The first-order chi connectivity index (χ1) is 12.7. The highest BCUT2D eigenvalue weighted by Gasteiger charge is 2.08. The summed E-state index contributed by atoms with van der Waals surface area (Å²) in [5.41, 5.74) is 1.30. The van der Waals surface area contributed by atoms with Gasteiger partial charge in [0, 0.05) is 17.5 Å². The minimum Gasteiger partial charge on any atom is -0.496 e. The minimum absolute atomic E-state index is 0.365. The van der Waals surface area contributed by atoms with Crippen LogP contribution in [0.4, 0.5) is 0 Å². The molecule has 5 heteroatoms. The van der Waals surface area contributed by atoms with E-state index >= 15 is 0 Å². The lowest BCUT2D eigenvalue weighted by molar-refractivity contribution is 0.272. The van der Waals surface area contributed by atoms with Crippen LogP contribution < -0.4 is 19.5 Å². The number of para-hydroxylation sites is 2. The molecule has 0 fully saturated rings. The topological polar surface area (TPSA) is 39.7 Å². The third kappa shape index (κ3) is 6.15. The summed E-state index contributed by atoms with van der Waals surface area (Å²) in [6, 6.07) is 14.5. The van der Waals surface area contributed by atoms with E-state index in [4.69, 9.17) is 14.2 Å². The van der Waals surface area contributed by atoms with E-state index in [1.807, 2.05) is 37.3 Å². The summed E-state index contributed by atoms with van der Waals surface area (Å²) in [6.45, 7) is 6.19. The Hall–Kier alpha value is -1.85. The lowest BCUT2D eigenvalue weighted by Gasteiger charge is -2.16. The Morgan fingerprint density at radius 1 is 1.04 bits per heavy atom. The Labute approximate surface area is 161 Å². The van der Waals surface area contributed by atoms with E-state index in [1.54, 1.807) is 18.9 Å². The van der Waals surface area contributed by atoms with Crippen LogP contribution >= 0.6 is 11.8 Å². The van der Waals surface area contributed by atoms with E-state index in [1.165, 1.54) is 10.5 Å². The monoisotopic (exact) mass is 375 g/mol. The highest BCUT2D eigenvalue weighted by molar-refractivity contribution is 7.98. The number of nitrogens with one attached hydrogen (secondary N) is 1. The van der Waals surface area contributed by atoms with Crippen LogP contribution in [0.2, 0.25) is 0 Å². The van der Waals surface area contributed by atoms with Crippen LogP contribution in [-0.2, 0) is 6.42 Å². The fraction of sp³-hybridized carbons (Fsp3) is 0.429. The summed E-state index contributed by atoms with van der Waals surface area (Å²) in [7, 11) is 1.71. The third-order valence-electron chi connectivity index (χ3n) is 3.99. The third-order valence-corrected chi connectivity index (χ3v) is 4.75. The van der Waals surface area contributed by atoms with Crippen molar-refractivity contribution in [3.05, 3.63) is 48.0 Å². The molecule has 0 unspecified atom stereocenters. The van der Waals surface area contributed by atoms with Gasteiger partial charge >= 0.3 is 0 Å². The minimum atomic E-state index is 0.365. The van der Waals surface area contributed by atoms with Crippen LogP contribution in [0.15, 0.2) is 47.4 Å². The molecule has 0 radical (unpaired) electrons. The van der Waals surface area contributed by atoms with Gasteiger partial charge in [-0.15, -0.1) is 11.8 Å². The lowest BCUT2D eigenvalue weighted by atomic mass is 10.1. The zero-order chi connectivity index (χ0) is 18.8. The van der Waals surface area contributed by atoms with Crippen molar-refractivity contribution in [2.75, 3.05) is 33.1 Å². The smallest absolute Gasteiger partial charge is 0.161 e. The maximum absolute atomic E-state index is 5.85. The molecule has 4 nitrogen and oxygen atoms in total. The van der Waals surface area contributed by atoms with Gasteiger partial charge in [0.1, 0.15) is 12.4 Å². The van der Waals surface area contributed by atoms with Crippen molar-refractivity contribution in [3.8, 4) is 17.2 Å². The number of hydrogen-bond acceptors (Lipinski definition) is 5. The van der Waals surface area contributed by atoms with Gasteiger partial charge in [-0.3, -0.25) is 0 Å². The fourth-order valence-corrected chi connectivity index (χ4v) is 3.37. The van der Waals surface area contributed by atoms with E-state index < -0.39 is 0 Å². The first-order valence-corrected chi connectivity index (χ1v) is 10.2. The van der Waals surface area contributed by atoms with Crippen molar-refractivity contribution in [2.45, 2.75) is 31.2 Å². The fourth-order valence-electron chi connectivity index (χ4n) is 2.74. The predicted octanol–water partition coefficient (Wildman–Crippen LogP) is 4.42.